The average molecular weight is 868 g/mol. The van der Waals surface area contributed by atoms with Crippen LogP contribution in [0.2, 0.25) is 5.02 Å². The average Bonchev–Trinajstić information content (AvgIpc) is 3.36. The van der Waals surface area contributed by atoms with Gasteiger partial charge in [-0.1, -0.05) is 35.9 Å². The van der Waals surface area contributed by atoms with Gasteiger partial charge in [0.2, 0.25) is 15.0 Å². The van der Waals surface area contributed by atoms with Gasteiger partial charge in [-0.05, 0) is 66.4 Å². The van der Waals surface area contributed by atoms with Crippen molar-refractivity contribution in [1.29, 1.82) is 0 Å². The molecule has 0 radical (unpaired) electrons. The number of fused-ring (bicyclic) bond motifs is 2. The fourth-order valence-corrected chi connectivity index (χ4v) is 8.44. The Balaban J connectivity index is 1.29. The maximum atomic E-state index is 15.0. The molecule has 0 fully saturated rings. The molecule has 0 N–H and O–H groups in total. The van der Waals surface area contributed by atoms with Crippen molar-refractivity contribution in [1.82, 2.24) is 24.6 Å². The number of carbonyl (C=O) groups excluding carboxylic acids is 1. The van der Waals surface area contributed by atoms with E-state index < -0.39 is 37.9 Å². The zero-order valence-corrected chi connectivity index (χ0v) is 35.6. The van der Waals surface area contributed by atoms with Crippen molar-refractivity contribution in [2.45, 2.75) is 70.0 Å². The van der Waals surface area contributed by atoms with Gasteiger partial charge >= 0.3 is 6.18 Å². The molecule has 0 saturated carbocycles. The summed E-state index contributed by atoms with van der Waals surface area (Å²) in [6.45, 7) is 3.41. The molecule has 4 heterocycles. The number of ether oxygens (including phenoxy) is 3. The lowest BCUT2D eigenvalue weighted by Crippen LogP contribution is -2.30. The van der Waals surface area contributed by atoms with E-state index >= 15 is 13.2 Å². The Kier molecular flexibility index (Phi) is 12.1. The molecule has 3 aromatic carbocycles. The van der Waals surface area contributed by atoms with E-state index in [0.717, 1.165) is 23.1 Å². The molecule has 1 unspecified atom stereocenters. The summed E-state index contributed by atoms with van der Waals surface area (Å²) < 4.78 is 90.0. The van der Waals surface area contributed by atoms with Crippen LogP contribution in [0, 0.1) is 6.92 Å². The first kappa shape index (κ1) is 42.7. The summed E-state index contributed by atoms with van der Waals surface area (Å²) in [6.07, 6.45) is -4.69. The number of alkyl halides is 3. The van der Waals surface area contributed by atoms with Gasteiger partial charge in [0.25, 0.3) is 5.91 Å². The predicted molar refractivity (Wildman–Crippen MR) is 219 cm³/mol. The second-order valence-corrected chi connectivity index (χ2v) is 17.4. The van der Waals surface area contributed by atoms with Crippen LogP contribution in [0.25, 0.3) is 0 Å². The third-order valence-corrected chi connectivity index (χ3v) is 11.9. The number of hydrogen-bond acceptors (Lipinski definition) is 11. The summed E-state index contributed by atoms with van der Waals surface area (Å²) in [4.78, 5) is 27.2. The Labute approximate surface area is 351 Å². The van der Waals surface area contributed by atoms with Crippen LogP contribution >= 0.6 is 11.6 Å². The first-order valence-electron chi connectivity index (χ1n) is 19.1. The monoisotopic (exact) mass is 867 g/mol. The molecule has 1 amide bonds. The molecule has 318 valence electrons. The predicted octanol–water partition coefficient (Wildman–Crippen LogP) is 7.21. The Morgan fingerprint density at radius 1 is 0.967 bits per heavy atom. The number of nitrogens with zero attached hydrogens (tertiary/aromatic N) is 7. The number of rotatable bonds is 11. The highest BCUT2D eigenvalue weighted by molar-refractivity contribution is 7.90. The van der Waals surface area contributed by atoms with Gasteiger partial charge in [0.15, 0.2) is 5.69 Å². The molecule has 1 atom stereocenters. The van der Waals surface area contributed by atoms with Crippen LogP contribution in [0.1, 0.15) is 67.8 Å². The van der Waals surface area contributed by atoms with E-state index in [1.54, 1.807) is 33.0 Å². The molecule has 18 heteroatoms. The molecular formula is C42H45ClF3N7O6S. The number of amides is 1. The minimum Gasteiger partial charge on any atom is -0.497 e. The van der Waals surface area contributed by atoms with Gasteiger partial charge in [0, 0.05) is 69.8 Å². The normalized spacial score (nSPS) is 15.5. The van der Waals surface area contributed by atoms with Gasteiger partial charge in [0.05, 0.1) is 55.4 Å². The van der Waals surface area contributed by atoms with Gasteiger partial charge in [-0.25, -0.2) is 18.4 Å². The topological polar surface area (TPSA) is 132 Å². The smallest absolute Gasteiger partial charge is 0.418 e. The highest BCUT2D eigenvalue weighted by atomic mass is 35.5. The van der Waals surface area contributed by atoms with E-state index in [1.165, 1.54) is 17.0 Å². The molecular weight excluding hydrogens is 823 g/mol. The van der Waals surface area contributed by atoms with Crippen molar-refractivity contribution >= 4 is 38.9 Å². The van der Waals surface area contributed by atoms with E-state index in [1.807, 2.05) is 65.3 Å². The molecule has 2 aromatic heterocycles. The molecule has 0 spiro atoms. The van der Waals surface area contributed by atoms with E-state index in [9.17, 15) is 13.2 Å². The molecule has 7 rings (SSSR count). The molecule has 5 aromatic rings. The molecule has 0 bridgehead atoms. The number of anilines is 2. The van der Waals surface area contributed by atoms with E-state index in [2.05, 4.69) is 15.1 Å². The summed E-state index contributed by atoms with van der Waals surface area (Å²) in [5.41, 5.74) is 3.37. The summed E-state index contributed by atoms with van der Waals surface area (Å²) in [5, 5.41) is 3.62. The number of aryl methyl sites for hydroxylation is 1. The Morgan fingerprint density at radius 3 is 2.13 bits per heavy atom. The summed E-state index contributed by atoms with van der Waals surface area (Å²) in [6, 6.07) is 17.5. The largest absolute Gasteiger partial charge is 0.497 e. The van der Waals surface area contributed by atoms with E-state index in [-0.39, 0.29) is 36.7 Å². The highest BCUT2D eigenvalue weighted by Crippen LogP contribution is 2.46. The lowest BCUT2D eigenvalue weighted by molar-refractivity contribution is -0.139. The number of halogens is 4. The van der Waals surface area contributed by atoms with Crippen LogP contribution < -0.4 is 19.3 Å². The minimum absolute atomic E-state index is 0.195. The number of carbonyl (C=O) groups is 1. The summed E-state index contributed by atoms with van der Waals surface area (Å²) in [7, 11) is 2.44. The van der Waals surface area contributed by atoms with Crippen molar-refractivity contribution in [3.8, 4) is 11.5 Å². The molecule has 60 heavy (non-hydrogen) atoms. The van der Waals surface area contributed by atoms with Crippen LogP contribution in [0.5, 0.6) is 11.5 Å². The van der Waals surface area contributed by atoms with Gasteiger partial charge in [0.1, 0.15) is 17.3 Å². The van der Waals surface area contributed by atoms with Crippen LogP contribution in [-0.4, -0.2) is 80.1 Å². The number of aromatic nitrogens is 4. The quantitative estimate of drug-likeness (QED) is 0.125. The van der Waals surface area contributed by atoms with Crippen LogP contribution in [0.15, 0.2) is 65.8 Å². The maximum Gasteiger partial charge on any atom is 0.418 e. The number of methoxy groups -OCH3 is 2. The Bertz CT molecular complexity index is 2470. The van der Waals surface area contributed by atoms with Gasteiger partial charge in [-0.15, -0.1) is 0 Å². The SMILES string of the molecule is COc1ccc(CN(Cc2ccc(OC)cc2)c2cc(Cl)c(C(F)(F)F)c(C3Cc4nc(S(C)(=O)=O)nc(N5CCCn6nc(C(=O)N(C)C)c(C)c6C5)c4CO3)c2)cc1. The summed E-state index contributed by atoms with van der Waals surface area (Å²) >= 11 is 6.61. The number of benzene rings is 3. The molecule has 0 saturated heterocycles. The summed E-state index contributed by atoms with van der Waals surface area (Å²) in [5.74, 6) is 1.36. The first-order chi connectivity index (χ1) is 28.4. The molecule has 2 aliphatic rings. The number of hydrogen-bond donors (Lipinski definition) is 0. The van der Waals surface area contributed by atoms with Crippen molar-refractivity contribution in [3.05, 3.63) is 116 Å². The lowest BCUT2D eigenvalue weighted by Gasteiger charge is -2.33. The standard InChI is InChI=1S/C42H45ClF3N7O6S/c1-25-35-23-51(16-7-17-53(35)49-38(25)40(54)50(2)3)39-32-24-59-36(20-34(32)47-41(48-39)60(6,55)56)31-18-28(19-33(43)37(31)42(44,45)46)52(21-26-8-12-29(57-4)13-9-26)22-27-10-14-30(58-5)15-11-27/h8-15,18-19,36H,7,16-17,20-24H2,1-6H3. The third-order valence-electron chi connectivity index (χ3n) is 10.7. The van der Waals surface area contributed by atoms with E-state index in [0.29, 0.717) is 72.4 Å². The Morgan fingerprint density at radius 2 is 1.58 bits per heavy atom. The van der Waals surface area contributed by atoms with Crippen LogP contribution in [0.4, 0.5) is 24.7 Å². The second kappa shape index (κ2) is 16.9. The lowest BCUT2D eigenvalue weighted by atomic mass is 9.94. The van der Waals surface area contributed by atoms with Gasteiger partial charge < -0.3 is 28.9 Å². The van der Waals surface area contributed by atoms with Crippen molar-refractivity contribution < 1.29 is 40.6 Å². The maximum absolute atomic E-state index is 15.0. The van der Waals surface area contributed by atoms with E-state index in [4.69, 9.17) is 25.8 Å². The minimum atomic E-state index is -4.86. The fraction of sp³-hybridized carbons (Fsp3) is 0.381. The van der Waals surface area contributed by atoms with Crippen molar-refractivity contribution in [3.63, 3.8) is 0 Å². The van der Waals surface area contributed by atoms with Crippen LogP contribution in [-0.2, 0) is 60.0 Å². The third kappa shape index (κ3) is 8.88. The second-order valence-electron chi connectivity index (χ2n) is 15.1. The zero-order chi connectivity index (χ0) is 43.1. The molecule has 0 aliphatic carbocycles. The number of sulfone groups is 1. The fourth-order valence-electron chi connectivity index (χ4n) is 7.59. The van der Waals surface area contributed by atoms with Crippen molar-refractivity contribution in [2.24, 2.45) is 0 Å². The molecule has 2 aliphatic heterocycles. The van der Waals surface area contributed by atoms with Crippen LogP contribution in [0.3, 0.4) is 0 Å². The Hall–Kier alpha value is -5.39. The van der Waals surface area contributed by atoms with Gasteiger partial charge in [-0.2, -0.15) is 18.3 Å². The van der Waals surface area contributed by atoms with Gasteiger partial charge in [-0.3, -0.25) is 9.48 Å². The zero-order valence-electron chi connectivity index (χ0n) is 34.0. The van der Waals surface area contributed by atoms with Crippen molar-refractivity contribution in [2.75, 3.05) is 50.9 Å². The molecule has 13 nitrogen and oxygen atoms in total. The first-order valence-corrected chi connectivity index (χ1v) is 21.4. The highest BCUT2D eigenvalue weighted by Gasteiger charge is 2.41.